The van der Waals surface area contributed by atoms with E-state index in [4.69, 9.17) is 0 Å². The summed E-state index contributed by atoms with van der Waals surface area (Å²) >= 11 is 0. The Morgan fingerprint density at radius 1 is 0.596 bits per heavy atom. The van der Waals surface area contributed by atoms with Crippen LogP contribution in [-0.2, 0) is 24.0 Å². The smallest absolute Gasteiger partial charge is 0.117 e. The fourth-order valence-electron chi connectivity index (χ4n) is 9.10. The summed E-state index contributed by atoms with van der Waals surface area (Å²) in [7, 11) is 0. The third-order valence-corrected chi connectivity index (χ3v) is 12.1. The molecule has 1 fully saturated rings. The first-order valence-electron chi connectivity index (χ1n) is 18.7. The van der Waals surface area contributed by atoms with Gasteiger partial charge in [0.2, 0.25) is 0 Å². The highest BCUT2D eigenvalue weighted by Gasteiger charge is 2.47. The Morgan fingerprint density at radius 2 is 1.35 bits per heavy atom. The molecule has 1 aromatic heterocycles. The van der Waals surface area contributed by atoms with E-state index < -0.39 is 0 Å². The van der Waals surface area contributed by atoms with Gasteiger partial charge < -0.3 is 4.57 Å². The standard InChI is InChI=1S/C49H43N3/c1-48(2)43-23-13-11-21-39(43)41-30-42-40-22-12-14-24-45(40)50(46(42)31-44(41)48)33-52-47(51(52)32-34-17-7-4-8-18-34)37-27-36(35-19-9-5-10-20-35)28-38(29-37)49(3)25-15-6-16-26-49/h4-25,27-31,47H,26,32-33H2,1-3H3. The van der Waals surface area contributed by atoms with Gasteiger partial charge in [0.25, 0.3) is 0 Å². The summed E-state index contributed by atoms with van der Waals surface area (Å²) in [5.74, 6) is 0. The lowest BCUT2D eigenvalue weighted by molar-refractivity contribution is 0.258. The number of rotatable bonds is 7. The van der Waals surface area contributed by atoms with Gasteiger partial charge in [0, 0.05) is 28.1 Å². The molecule has 0 bridgehead atoms. The van der Waals surface area contributed by atoms with Crippen LogP contribution in [0.25, 0.3) is 44.1 Å². The van der Waals surface area contributed by atoms with Crippen LogP contribution in [0, 0.1) is 0 Å². The zero-order valence-electron chi connectivity index (χ0n) is 30.1. The van der Waals surface area contributed by atoms with Gasteiger partial charge in [-0.3, -0.25) is 0 Å². The van der Waals surface area contributed by atoms with Crippen molar-refractivity contribution in [3.05, 3.63) is 192 Å². The minimum Gasteiger partial charge on any atom is -0.325 e. The molecule has 1 aliphatic heterocycles. The molecule has 4 atom stereocenters. The molecule has 0 saturated carbocycles. The molecule has 52 heavy (non-hydrogen) atoms. The molecule has 2 heterocycles. The first kappa shape index (κ1) is 31.3. The van der Waals surface area contributed by atoms with Gasteiger partial charge in [-0.25, -0.2) is 5.01 Å². The van der Waals surface area contributed by atoms with Gasteiger partial charge in [-0.15, -0.1) is 0 Å². The average Bonchev–Trinajstić information content (AvgIpc) is 3.70. The molecule has 0 amide bonds. The van der Waals surface area contributed by atoms with Crippen LogP contribution in [0.3, 0.4) is 0 Å². The van der Waals surface area contributed by atoms with Crippen molar-refractivity contribution in [2.24, 2.45) is 0 Å². The van der Waals surface area contributed by atoms with Crippen molar-refractivity contribution in [2.75, 3.05) is 0 Å². The van der Waals surface area contributed by atoms with Gasteiger partial charge in [-0.05, 0) is 80.8 Å². The number of hydrazine groups is 1. The van der Waals surface area contributed by atoms with Crippen LogP contribution in [0.2, 0.25) is 0 Å². The highest BCUT2D eigenvalue weighted by Crippen LogP contribution is 2.52. The second kappa shape index (κ2) is 11.8. The number of hydrogen-bond donors (Lipinski definition) is 0. The van der Waals surface area contributed by atoms with Crippen LogP contribution >= 0.6 is 0 Å². The predicted octanol–water partition coefficient (Wildman–Crippen LogP) is 11.9. The van der Waals surface area contributed by atoms with E-state index in [1.54, 1.807) is 0 Å². The SMILES string of the molecule is CC1(c2cc(-c3ccccc3)cc(C3N(Cc4ccccc4)N3Cn3c4ccccc4c4cc5c(cc43)C(C)(C)c3ccccc3-5)c2)C=CC=CC1. The summed E-state index contributed by atoms with van der Waals surface area (Å²) in [6.07, 6.45) is 10.2. The Hall–Kier alpha value is -5.48. The van der Waals surface area contributed by atoms with E-state index in [2.05, 4.69) is 199 Å². The minimum atomic E-state index is -0.0597. The summed E-state index contributed by atoms with van der Waals surface area (Å²) in [4.78, 5) is 0. The van der Waals surface area contributed by atoms with Gasteiger partial charge in [0.15, 0.2) is 0 Å². The van der Waals surface area contributed by atoms with E-state index in [1.807, 2.05) is 0 Å². The molecular formula is C49H43N3. The summed E-state index contributed by atoms with van der Waals surface area (Å²) in [6, 6.07) is 52.1. The number of nitrogens with zero attached hydrogens (tertiary/aromatic N) is 3. The van der Waals surface area contributed by atoms with Crippen molar-refractivity contribution < 1.29 is 0 Å². The molecule has 3 nitrogen and oxygen atoms in total. The maximum Gasteiger partial charge on any atom is 0.117 e. The van der Waals surface area contributed by atoms with Crippen molar-refractivity contribution in [2.45, 2.75) is 57.4 Å². The monoisotopic (exact) mass is 673 g/mol. The number of fused-ring (bicyclic) bond motifs is 6. The van der Waals surface area contributed by atoms with E-state index in [0.29, 0.717) is 0 Å². The van der Waals surface area contributed by atoms with E-state index in [1.165, 1.54) is 71.9 Å². The molecule has 0 radical (unpaired) electrons. The Kier molecular flexibility index (Phi) is 7.08. The highest BCUT2D eigenvalue weighted by atomic mass is 15.9. The minimum absolute atomic E-state index is 0.0592. The summed E-state index contributed by atoms with van der Waals surface area (Å²) in [5.41, 5.74) is 14.6. The van der Waals surface area contributed by atoms with Gasteiger partial charge in [-0.1, -0.05) is 160 Å². The summed E-state index contributed by atoms with van der Waals surface area (Å²) in [5, 5.41) is 7.79. The quantitative estimate of drug-likeness (QED) is 0.156. The van der Waals surface area contributed by atoms with E-state index in [9.17, 15) is 0 Å². The first-order chi connectivity index (χ1) is 25.4. The Morgan fingerprint density at radius 3 is 2.15 bits per heavy atom. The molecule has 254 valence electrons. The van der Waals surface area contributed by atoms with E-state index >= 15 is 0 Å². The number of aromatic nitrogens is 1. The lowest BCUT2D eigenvalue weighted by atomic mass is 9.76. The average molecular weight is 674 g/mol. The lowest BCUT2D eigenvalue weighted by Crippen LogP contribution is -2.20. The van der Waals surface area contributed by atoms with Crippen molar-refractivity contribution in [1.82, 2.24) is 14.6 Å². The van der Waals surface area contributed by atoms with Gasteiger partial charge in [0.1, 0.15) is 6.17 Å². The van der Waals surface area contributed by atoms with Crippen LogP contribution in [0.4, 0.5) is 0 Å². The van der Waals surface area contributed by atoms with Gasteiger partial charge >= 0.3 is 0 Å². The van der Waals surface area contributed by atoms with Crippen molar-refractivity contribution in [1.29, 1.82) is 0 Å². The lowest BCUT2D eigenvalue weighted by Gasteiger charge is -2.28. The molecule has 7 aromatic rings. The molecule has 6 aromatic carbocycles. The molecule has 4 unspecified atom stereocenters. The third-order valence-electron chi connectivity index (χ3n) is 12.1. The van der Waals surface area contributed by atoms with Crippen LogP contribution in [0.5, 0.6) is 0 Å². The normalized spacial score (nSPS) is 22.5. The zero-order valence-corrected chi connectivity index (χ0v) is 30.1. The Bertz CT molecular complexity index is 2560. The number of allylic oxidation sites excluding steroid dienone is 4. The fourth-order valence-corrected chi connectivity index (χ4v) is 9.10. The number of benzene rings is 6. The van der Waals surface area contributed by atoms with Crippen LogP contribution in [0.15, 0.2) is 164 Å². The van der Waals surface area contributed by atoms with Crippen molar-refractivity contribution in [3.63, 3.8) is 0 Å². The molecular weight excluding hydrogens is 631 g/mol. The van der Waals surface area contributed by atoms with Gasteiger partial charge in [0.05, 0.1) is 17.7 Å². The second-order valence-electron chi connectivity index (χ2n) is 15.7. The first-order valence-corrected chi connectivity index (χ1v) is 18.7. The van der Waals surface area contributed by atoms with Crippen molar-refractivity contribution in [3.8, 4) is 22.3 Å². The number of hydrogen-bond acceptors (Lipinski definition) is 2. The maximum absolute atomic E-state index is 2.58. The third kappa shape index (κ3) is 4.95. The largest absolute Gasteiger partial charge is 0.325 e. The maximum atomic E-state index is 2.58. The second-order valence-corrected chi connectivity index (χ2v) is 15.7. The molecule has 1 saturated heterocycles. The Labute approximate surface area is 306 Å². The summed E-state index contributed by atoms with van der Waals surface area (Å²) in [6.45, 7) is 8.76. The Balaban J connectivity index is 1.12. The predicted molar refractivity (Wildman–Crippen MR) is 216 cm³/mol. The van der Waals surface area contributed by atoms with Crippen LogP contribution < -0.4 is 0 Å². The molecule has 3 aliphatic rings. The zero-order chi connectivity index (χ0) is 35.0. The van der Waals surface area contributed by atoms with Crippen LogP contribution in [0.1, 0.15) is 61.2 Å². The highest BCUT2D eigenvalue weighted by molar-refractivity contribution is 6.10. The molecule has 0 N–H and O–H groups in total. The number of para-hydroxylation sites is 1. The summed E-state index contributed by atoms with van der Waals surface area (Å²) < 4.78 is 2.57. The fraction of sp³-hybridized carbons (Fsp3) is 0.184. The topological polar surface area (TPSA) is 10.9 Å². The van der Waals surface area contributed by atoms with E-state index in [0.717, 1.165) is 19.6 Å². The van der Waals surface area contributed by atoms with Crippen molar-refractivity contribution >= 4 is 21.8 Å². The molecule has 10 rings (SSSR count). The van der Waals surface area contributed by atoms with Crippen LogP contribution in [-0.4, -0.2) is 14.6 Å². The van der Waals surface area contributed by atoms with E-state index in [-0.39, 0.29) is 17.0 Å². The molecule has 3 heteroatoms. The molecule has 2 aliphatic carbocycles. The molecule has 0 spiro atoms. The van der Waals surface area contributed by atoms with Gasteiger partial charge in [-0.2, -0.15) is 5.01 Å².